The number of hydrogen-bond donors (Lipinski definition) is 1. The van der Waals surface area contributed by atoms with Gasteiger partial charge < -0.3 is 15.1 Å². The lowest BCUT2D eigenvalue weighted by atomic mass is 9.76. The molecule has 0 radical (unpaired) electrons. The van der Waals surface area contributed by atoms with Crippen LogP contribution in [0, 0.1) is 5.92 Å². The number of carbonyl (C=O) groups excluding carboxylic acids is 2. The lowest BCUT2D eigenvalue weighted by Gasteiger charge is -2.51. The van der Waals surface area contributed by atoms with Gasteiger partial charge in [0.1, 0.15) is 0 Å². The third-order valence-electron chi connectivity index (χ3n) is 7.10. The average Bonchev–Trinajstić information content (AvgIpc) is 2.79. The predicted molar refractivity (Wildman–Crippen MR) is 121 cm³/mol. The van der Waals surface area contributed by atoms with E-state index in [4.69, 9.17) is 11.6 Å². The van der Waals surface area contributed by atoms with Gasteiger partial charge in [-0.25, -0.2) is 4.79 Å². The quantitative estimate of drug-likeness (QED) is 0.782. The summed E-state index contributed by atoms with van der Waals surface area (Å²) < 4.78 is 0. The van der Waals surface area contributed by atoms with Crippen LogP contribution >= 0.6 is 11.6 Å². The van der Waals surface area contributed by atoms with Crippen molar-refractivity contribution in [3.63, 3.8) is 0 Å². The molecule has 3 aliphatic heterocycles. The fourth-order valence-electron chi connectivity index (χ4n) is 5.59. The van der Waals surface area contributed by atoms with Crippen molar-refractivity contribution in [1.82, 2.24) is 15.1 Å². The zero-order chi connectivity index (χ0) is 21.4. The molecule has 5 nitrogen and oxygen atoms in total. The Bertz CT molecular complexity index is 980. The van der Waals surface area contributed by atoms with Crippen LogP contribution in [0.4, 0.5) is 4.79 Å². The van der Waals surface area contributed by atoms with Crippen LogP contribution in [-0.2, 0) is 17.6 Å². The highest BCUT2D eigenvalue weighted by Gasteiger charge is 2.48. The Labute approximate surface area is 188 Å². The van der Waals surface area contributed by atoms with Crippen LogP contribution in [0.2, 0.25) is 5.02 Å². The number of fused-ring (bicyclic) bond motifs is 4. The maximum absolute atomic E-state index is 13.4. The molecule has 3 aliphatic rings. The van der Waals surface area contributed by atoms with Crippen molar-refractivity contribution >= 4 is 23.5 Å². The maximum Gasteiger partial charge on any atom is 0.317 e. The molecule has 2 fully saturated rings. The number of benzene rings is 2. The fraction of sp³-hybridized carbons (Fsp3) is 0.440. The number of amides is 3. The van der Waals surface area contributed by atoms with Crippen molar-refractivity contribution in [2.75, 3.05) is 19.6 Å². The summed E-state index contributed by atoms with van der Waals surface area (Å²) in [5.41, 5.74) is 3.63. The summed E-state index contributed by atoms with van der Waals surface area (Å²) in [5.74, 6) is 0.127. The predicted octanol–water partition coefficient (Wildman–Crippen LogP) is 4.20. The Balaban J connectivity index is 1.31. The lowest BCUT2D eigenvalue weighted by molar-refractivity contribution is -0.148. The maximum atomic E-state index is 13.4. The van der Waals surface area contributed by atoms with Crippen molar-refractivity contribution in [3.8, 4) is 0 Å². The van der Waals surface area contributed by atoms with Gasteiger partial charge in [-0.1, -0.05) is 48.0 Å². The largest absolute Gasteiger partial charge is 0.338 e. The van der Waals surface area contributed by atoms with Crippen molar-refractivity contribution in [3.05, 3.63) is 70.2 Å². The highest BCUT2D eigenvalue weighted by Crippen LogP contribution is 2.44. The molecule has 162 valence electrons. The minimum Gasteiger partial charge on any atom is -0.338 e. The van der Waals surface area contributed by atoms with E-state index in [-0.39, 0.29) is 29.9 Å². The molecular formula is C25H28ClN3O2. The van der Waals surface area contributed by atoms with E-state index in [9.17, 15) is 9.59 Å². The summed E-state index contributed by atoms with van der Waals surface area (Å²) in [5, 5.41) is 3.83. The van der Waals surface area contributed by atoms with Crippen LogP contribution in [0.1, 0.15) is 42.0 Å². The van der Waals surface area contributed by atoms with Crippen LogP contribution < -0.4 is 5.32 Å². The number of nitrogens with one attached hydrogen (secondary N) is 1. The van der Waals surface area contributed by atoms with Gasteiger partial charge >= 0.3 is 6.03 Å². The smallest absolute Gasteiger partial charge is 0.317 e. The zero-order valence-corrected chi connectivity index (χ0v) is 18.4. The van der Waals surface area contributed by atoms with Crippen molar-refractivity contribution in [1.29, 1.82) is 0 Å². The molecule has 0 aromatic heterocycles. The molecular weight excluding hydrogens is 410 g/mol. The Morgan fingerprint density at radius 3 is 2.81 bits per heavy atom. The number of likely N-dealkylation sites (tertiary alicyclic amines) is 1. The van der Waals surface area contributed by atoms with E-state index < -0.39 is 0 Å². The molecule has 6 heteroatoms. The molecule has 1 N–H and O–H groups in total. The molecule has 0 saturated carbocycles. The molecule has 3 atom stereocenters. The molecule has 2 saturated heterocycles. The Hall–Kier alpha value is -2.53. The van der Waals surface area contributed by atoms with E-state index in [1.807, 2.05) is 40.1 Å². The van der Waals surface area contributed by atoms with Gasteiger partial charge in [-0.05, 0) is 60.9 Å². The van der Waals surface area contributed by atoms with Gasteiger partial charge in [-0.15, -0.1) is 0 Å². The summed E-state index contributed by atoms with van der Waals surface area (Å²) in [6.45, 7) is 2.05. The van der Waals surface area contributed by atoms with E-state index in [2.05, 4.69) is 23.5 Å². The van der Waals surface area contributed by atoms with E-state index in [1.54, 1.807) is 0 Å². The normalized spacial score (nSPS) is 24.8. The zero-order valence-electron chi connectivity index (χ0n) is 17.6. The second-order valence-corrected chi connectivity index (χ2v) is 9.29. The molecule has 5 rings (SSSR count). The van der Waals surface area contributed by atoms with Gasteiger partial charge in [0.25, 0.3) is 0 Å². The van der Waals surface area contributed by atoms with Gasteiger partial charge in [0.05, 0.1) is 12.0 Å². The molecule has 3 amide bonds. The average molecular weight is 438 g/mol. The highest BCUT2D eigenvalue weighted by molar-refractivity contribution is 6.30. The minimum atomic E-state index is -0.0845. The summed E-state index contributed by atoms with van der Waals surface area (Å²) in [4.78, 5) is 30.4. The number of urea groups is 1. The highest BCUT2D eigenvalue weighted by atomic mass is 35.5. The van der Waals surface area contributed by atoms with E-state index in [1.165, 1.54) is 16.7 Å². The first-order valence-corrected chi connectivity index (χ1v) is 11.7. The number of nitrogens with zero attached hydrogens (tertiary/aromatic N) is 2. The van der Waals surface area contributed by atoms with Crippen LogP contribution in [0.25, 0.3) is 0 Å². The minimum absolute atomic E-state index is 0.0347. The van der Waals surface area contributed by atoms with Gasteiger partial charge in [-0.2, -0.15) is 0 Å². The molecule has 0 aliphatic carbocycles. The number of piperidine rings is 2. The summed E-state index contributed by atoms with van der Waals surface area (Å²) in [6.07, 6.45) is 4.20. The lowest BCUT2D eigenvalue weighted by Crippen LogP contribution is -2.61. The van der Waals surface area contributed by atoms with E-state index >= 15 is 0 Å². The monoisotopic (exact) mass is 437 g/mol. The molecule has 31 heavy (non-hydrogen) atoms. The first kappa shape index (κ1) is 20.4. The summed E-state index contributed by atoms with van der Waals surface area (Å²) in [7, 11) is 0. The van der Waals surface area contributed by atoms with Crippen molar-refractivity contribution < 1.29 is 9.59 Å². The Morgan fingerprint density at radius 2 is 1.97 bits per heavy atom. The number of rotatable bonds is 3. The van der Waals surface area contributed by atoms with Crippen molar-refractivity contribution in [2.24, 2.45) is 5.92 Å². The van der Waals surface area contributed by atoms with E-state index in [0.29, 0.717) is 13.1 Å². The van der Waals surface area contributed by atoms with E-state index in [0.717, 1.165) is 43.7 Å². The third-order valence-corrected chi connectivity index (χ3v) is 7.33. The molecule has 3 heterocycles. The molecule has 0 bridgehead atoms. The Kier molecular flexibility index (Phi) is 5.61. The van der Waals surface area contributed by atoms with Crippen LogP contribution in [0.15, 0.2) is 48.5 Å². The summed E-state index contributed by atoms with van der Waals surface area (Å²) in [6, 6.07) is 16.1. The van der Waals surface area contributed by atoms with Crippen LogP contribution in [0.3, 0.4) is 0 Å². The molecule has 0 unspecified atom stereocenters. The molecule has 2 aromatic rings. The number of hydrogen-bond acceptors (Lipinski definition) is 2. The topological polar surface area (TPSA) is 52.7 Å². The second-order valence-electron chi connectivity index (χ2n) is 8.85. The summed E-state index contributed by atoms with van der Waals surface area (Å²) >= 11 is 6.21. The van der Waals surface area contributed by atoms with Gasteiger partial charge in [0, 0.05) is 30.7 Å². The van der Waals surface area contributed by atoms with Gasteiger partial charge in [0.15, 0.2) is 0 Å². The van der Waals surface area contributed by atoms with Crippen LogP contribution in [0.5, 0.6) is 0 Å². The SMILES string of the molecule is O=C1[C@H]2CCCN(C(=O)NCCc3ccccc3)[C@H]2C[C@H]2c3ccc(Cl)cc3CCN12. The Morgan fingerprint density at radius 1 is 1.13 bits per heavy atom. The number of halogens is 1. The first-order chi connectivity index (χ1) is 15.1. The molecule has 0 spiro atoms. The third kappa shape index (κ3) is 3.91. The standard InChI is InChI=1S/C25H28ClN3O2/c26-19-8-9-20-18(15-19)11-14-28-22(20)16-23-21(24(28)30)7-4-13-29(23)25(31)27-12-10-17-5-2-1-3-6-17/h1-3,5-6,8-9,15,21-23H,4,7,10-14,16H2,(H,27,31)/t21-,22-,23-/m0/s1. The first-order valence-electron chi connectivity index (χ1n) is 11.3. The second kappa shape index (κ2) is 8.54. The van der Waals surface area contributed by atoms with Gasteiger partial charge in [-0.3, -0.25) is 4.79 Å². The van der Waals surface area contributed by atoms with Gasteiger partial charge in [0.2, 0.25) is 5.91 Å². The number of carbonyl (C=O) groups is 2. The van der Waals surface area contributed by atoms with Crippen molar-refractivity contribution in [2.45, 2.75) is 44.2 Å². The van der Waals surface area contributed by atoms with Crippen LogP contribution in [-0.4, -0.2) is 47.4 Å². The fourth-order valence-corrected chi connectivity index (χ4v) is 5.78. The molecule has 2 aromatic carbocycles.